The van der Waals surface area contributed by atoms with E-state index in [1.54, 1.807) is 6.07 Å². The second kappa shape index (κ2) is 5.51. The van der Waals surface area contributed by atoms with Gasteiger partial charge in [-0.2, -0.15) is 0 Å². The number of aromatic nitrogens is 2. The van der Waals surface area contributed by atoms with Crippen LogP contribution in [-0.2, 0) is 6.54 Å². The van der Waals surface area contributed by atoms with Crippen LogP contribution in [0.1, 0.15) is 5.56 Å². The Labute approximate surface area is 126 Å². The fourth-order valence-corrected chi connectivity index (χ4v) is 3.43. The number of halogens is 2. The maximum atomic E-state index is 6.15. The van der Waals surface area contributed by atoms with Crippen molar-refractivity contribution in [3.63, 3.8) is 0 Å². The Morgan fingerprint density at radius 1 is 1.11 bits per heavy atom. The van der Waals surface area contributed by atoms with E-state index in [0.717, 1.165) is 22.3 Å². The van der Waals surface area contributed by atoms with E-state index < -0.39 is 0 Å². The Kier molecular flexibility index (Phi) is 3.76. The molecular weight excluding hydrogens is 348 g/mol. The molecule has 3 nitrogen and oxygen atoms in total. The summed E-state index contributed by atoms with van der Waals surface area (Å²) in [4.78, 5) is 0. The molecule has 0 fully saturated rings. The number of benzene rings is 2. The van der Waals surface area contributed by atoms with Gasteiger partial charge in [-0.1, -0.05) is 0 Å². The average Bonchev–Trinajstić information content (AvgIpc) is 2.86. The molecule has 1 N–H and O–H groups in total. The first-order valence-corrected chi connectivity index (χ1v) is 7.92. The van der Waals surface area contributed by atoms with Crippen LogP contribution in [-0.4, -0.2) is 22.9 Å². The fourth-order valence-electron chi connectivity index (χ4n) is 1.80. The van der Waals surface area contributed by atoms with E-state index >= 15 is 0 Å². The van der Waals surface area contributed by atoms with Gasteiger partial charge in [-0.05, 0) is 0 Å². The van der Waals surface area contributed by atoms with Crippen molar-refractivity contribution in [3.8, 4) is 0 Å². The van der Waals surface area contributed by atoms with Crippen molar-refractivity contribution in [2.45, 2.75) is 6.54 Å². The molecule has 0 spiro atoms. The summed E-state index contributed by atoms with van der Waals surface area (Å²) in [5, 5.41) is 4.66. The molecule has 0 saturated carbocycles. The third-order valence-corrected chi connectivity index (χ3v) is 4.50. The van der Waals surface area contributed by atoms with Crippen LogP contribution in [0.5, 0.6) is 0 Å². The van der Waals surface area contributed by atoms with Gasteiger partial charge in [0.15, 0.2) is 0 Å². The standard InChI is InChI=1S/C13H9Cl2N3Se/c14-9-5-4-8(10(15)6-9)7-16-11-2-1-3-12-13(11)18-19-17-12/h1-6,16H,7H2. The molecule has 19 heavy (non-hydrogen) atoms. The minimum atomic E-state index is -0.0158. The Balaban J connectivity index is 1.84. The molecule has 0 radical (unpaired) electrons. The van der Waals surface area contributed by atoms with Gasteiger partial charge in [0.05, 0.1) is 0 Å². The molecule has 2 aromatic carbocycles. The SMILES string of the molecule is Clc1ccc(CNc2cccc3n[se]nc23)c(Cl)c1. The predicted molar refractivity (Wildman–Crippen MR) is 80.3 cm³/mol. The van der Waals surface area contributed by atoms with Gasteiger partial charge < -0.3 is 0 Å². The van der Waals surface area contributed by atoms with Crippen LogP contribution in [0, 0.1) is 0 Å². The van der Waals surface area contributed by atoms with E-state index in [0.29, 0.717) is 16.6 Å². The van der Waals surface area contributed by atoms with Gasteiger partial charge in [0, 0.05) is 0 Å². The zero-order chi connectivity index (χ0) is 13.2. The number of hydrogen-bond donors (Lipinski definition) is 1. The number of hydrogen-bond acceptors (Lipinski definition) is 3. The van der Waals surface area contributed by atoms with Crippen molar-refractivity contribution in [2.75, 3.05) is 5.32 Å². The van der Waals surface area contributed by atoms with E-state index in [2.05, 4.69) is 13.3 Å². The Hall–Kier alpha value is -1.06. The summed E-state index contributed by atoms with van der Waals surface area (Å²) in [5.74, 6) is 0. The molecule has 0 aliphatic heterocycles. The van der Waals surface area contributed by atoms with Gasteiger partial charge in [0.1, 0.15) is 0 Å². The number of fused-ring (bicyclic) bond motifs is 1. The van der Waals surface area contributed by atoms with Crippen LogP contribution in [0.2, 0.25) is 10.0 Å². The van der Waals surface area contributed by atoms with Crippen LogP contribution in [0.4, 0.5) is 5.69 Å². The molecule has 6 heteroatoms. The molecule has 1 heterocycles. The predicted octanol–water partition coefficient (Wildman–Crippen LogP) is 3.61. The van der Waals surface area contributed by atoms with Crippen LogP contribution in [0.25, 0.3) is 11.0 Å². The topological polar surface area (TPSA) is 37.8 Å². The summed E-state index contributed by atoms with van der Waals surface area (Å²) in [6.07, 6.45) is 0. The molecule has 0 saturated heterocycles. The fraction of sp³-hybridized carbons (Fsp3) is 0.0769. The summed E-state index contributed by atoms with van der Waals surface area (Å²) in [7, 11) is 0. The summed E-state index contributed by atoms with van der Waals surface area (Å²) in [6, 6.07) is 11.5. The van der Waals surface area contributed by atoms with Crippen LogP contribution in [0.3, 0.4) is 0 Å². The first-order chi connectivity index (χ1) is 9.24. The second-order valence-corrected chi connectivity index (χ2v) is 5.98. The molecule has 0 aliphatic carbocycles. The van der Waals surface area contributed by atoms with E-state index in [9.17, 15) is 0 Å². The van der Waals surface area contributed by atoms with Crippen molar-refractivity contribution < 1.29 is 0 Å². The monoisotopic (exact) mass is 357 g/mol. The second-order valence-electron chi connectivity index (χ2n) is 4.03. The van der Waals surface area contributed by atoms with Gasteiger partial charge in [-0.3, -0.25) is 0 Å². The molecule has 3 aromatic rings. The summed E-state index contributed by atoms with van der Waals surface area (Å²) >= 11 is 12.0. The van der Waals surface area contributed by atoms with E-state index in [4.69, 9.17) is 23.2 Å². The van der Waals surface area contributed by atoms with Gasteiger partial charge in [0.25, 0.3) is 0 Å². The van der Waals surface area contributed by atoms with E-state index in [-0.39, 0.29) is 15.0 Å². The first-order valence-electron chi connectivity index (χ1n) is 5.63. The van der Waals surface area contributed by atoms with Crippen LogP contribution in [0.15, 0.2) is 36.4 Å². The zero-order valence-corrected chi connectivity index (χ0v) is 13.0. The number of nitrogens with one attached hydrogen (secondary N) is 1. The summed E-state index contributed by atoms with van der Waals surface area (Å²) < 4.78 is 8.78. The number of nitrogens with zero attached hydrogens (tertiary/aromatic N) is 2. The first kappa shape index (κ1) is 12.9. The molecule has 96 valence electrons. The van der Waals surface area contributed by atoms with Crippen molar-refractivity contribution in [1.82, 2.24) is 7.96 Å². The van der Waals surface area contributed by atoms with Crippen molar-refractivity contribution >= 4 is 54.9 Å². The van der Waals surface area contributed by atoms with Gasteiger partial charge in [0.2, 0.25) is 0 Å². The van der Waals surface area contributed by atoms with Crippen molar-refractivity contribution in [1.29, 1.82) is 0 Å². The van der Waals surface area contributed by atoms with Gasteiger partial charge in [-0.25, -0.2) is 0 Å². The Morgan fingerprint density at radius 2 is 2.00 bits per heavy atom. The molecule has 0 aliphatic rings. The minimum absolute atomic E-state index is 0.0158. The van der Waals surface area contributed by atoms with Crippen LogP contribution >= 0.6 is 23.2 Å². The molecule has 0 unspecified atom stereocenters. The summed E-state index contributed by atoms with van der Waals surface area (Å²) in [6.45, 7) is 0.634. The molecule has 1 aromatic heterocycles. The molecule has 0 atom stereocenters. The van der Waals surface area contributed by atoms with Crippen molar-refractivity contribution in [3.05, 3.63) is 52.0 Å². The summed E-state index contributed by atoms with van der Waals surface area (Å²) in [5.41, 5.74) is 3.91. The third-order valence-electron chi connectivity index (χ3n) is 2.77. The van der Waals surface area contributed by atoms with E-state index in [1.165, 1.54) is 0 Å². The molecular formula is C13H9Cl2N3Se. The zero-order valence-electron chi connectivity index (χ0n) is 9.73. The Bertz CT molecular complexity index is 727. The quantitative estimate of drug-likeness (QED) is 0.728. The normalized spacial score (nSPS) is 10.8. The van der Waals surface area contributed by atoms with Crippen LogP contribution < -0.4 is 5.32 Å². The molecule has 0 amide bonds. The Morgan fingerprint density at radius 3 is 2.84 bits per heavy atom. The van der Waals surface area contributed by atoms with E-state index in [1.807, 2.05) is 30.3 Å². The number of rotatable bonds is 3. The molecule has 0 bridgehead atoms. The molecule has 3 rings (SSSR count). The third kappa shape index (κ3) is 2.77. The van der Waals surface area contributed by atoms with Crippen molar-refractivity contribution in [2.24, 2.45) is 0 Å². The number of anilines is 1. The maximum absolute atomic E-state index is 6.15. The van der Waals surface area contributed by atoms with Gasteiger partial charge >= 0.3 is 127 Å². The van der Waals surface area contributed by atoms with Gasteiger partial charge in [-0.15, -0.1) is 0 Å². The average molecular weight is 357 g/mol.